The van der Waals surface area contributed by atoms with Gasteiger partial charge in [0.05, 0.1) is 12.2 Å². The number of carbonyl (C=O) groups is 1. The van der Waals surface area contributed by atoms with Gasteiger partial charge in [0.15, 0.2) is 0 Å². The van der Waals surface area contributed by atoms with Crippen LogP contribution in [0.4, 0.5) is 0 Å². The number of Topliss-reactive ketones (excluding diaryl/α,β-unsaturated/α-hetero) is 1. The minimum Gasteiger partial charge on any atom is -0.393 e. The van der Waals surface area contributed by atoms with Crippen LogP contribution in [-0.2, 0) is 4.79 Å². The first-order chi connectivity index (χ1) is 14.2. The van der Waals surface area contributed by atoms with Crippen molar-refractivity contribution in [3.8, 4) is 0 Å². The van der Waals surface area contributed by atoms with Gasteiger partial charge in [-0.2, -0.15) is 0 Å². The SMILES string of the molecule is CC.CC(=O)CC[C@@H](C)C1CC[C@H]2C3CCC4C[C@H](O)CCC4(C)[C@H]3C[C@H](O)C12C. The van der Waals surface area contributed by atoms with Gasteiger partial charge < -0.3 is 15.0 Å². The molecule has 5 unspecified atom stereocenters. The number of hydrogen-bond acceptors (Lipinski definition) is 3. The Bertz CT molecular complexity index is 603. The van der Waals surface area contributed by atoms with Crippen molar-refractivity contribution in [2.45, 2.75) is 118 Å². The summed E-state index contributed by atoms with van der Waals surface area (Å²) in [5, 5.41) is 21.7. The minimum atomic E-state index is -0.214. The molecule has 0 aromatic carbocycles. The second kappa shape index (κ2) is 9.22. The number of fused-ring (bicyclic) bond motifs is 5. The number of aliphatic hydroxyl groups excluding tert-OH is 2. The molecule has 0 saturated heterocycles. The molecule has 174 valence electrons. The predicted octanol–water partition coefficient (Wildman–Crippen LogP) is 6.01. The van der Waals surface area contributed by atoms with Gasteiger partial charge in [-0.1, -0.05) is 34.6 Å². The van der Waals surface area contributed by atoms with Crippen molar-refractivity contribution in [2.75, 3.05) is 0 Å². The monoisotopic (exact) mass is 420 g/mol. The van der Waals surface area contributed by atoms with E-state index in [4.69, 9.17) is 0 Å². The Morgan fingerprint density at radius 1 is 1.00 bits per heavy atom. The molecule has 4 fully saturated rings. The van der Waals surface area contributed by atoms with Crippen LogP contribution < -0.4 is 0 Å². The highest BCUT2D eigenvalue weighted by atomic mass is 16.3. The van der Waals surface area contributed by atoms with Crippen LogP contribution in [0, 0.1) is 46.3 Å². The summed E-state index contributed by atoms with van der Waals surface area (Å²) in [5.41, 5.74) is 0.331. The smallest absolute Gasteiger partial charge is 0.129 e. The Labute approximate surface area is 185 Å². The third kappa shape index (κ3) is 3.91. The average molecular weight is 421 g/mol. The molecule has 2 N–H and O–H groups in total. The molecule has 0 aromatic heterocycles. The quantitative estimate of drug-likeness (QED) is 0.585. The van der Waals surface area contributed by atoms with E-state index in [0.29, 0.717) is 47.2 Å². The van der Waals surface area contributed by atoms with Gasteiger partial charge in [-0.25, -0.2) is 0 Å². The lowest BCUT2D eigenvalue weighted by molar-refractivity contribution is -0.174. The van der Waals surface area contributed by atoms with Crippen LogP contribution in [0.1, 0.15) is 106 Å². The van der Waals surface area contributed by atoms with Crippen LogP contribution in [0.3, 0.4) is 0 Å². The first-order valence-corrected chi connectivity index (χ1v) is 13.0. The summed E-state index contributed by atoms with van der Waals surface area (Å²) in [5.74, 6) is 4.00. The molecule has 4 aliphatic rings. The Morgan fingerprint density at radius 2 is 1.70 bits per heavy atom. The summed E-state index contributed by atoms with van der Waals surface area (Å²) in [6.07, 6.45) is 10.4. The Hall–Kier alpha value is -0.410. The van der Waals surface area contributed by atoms with Crippen molar-refractivity contribution < 1.29 is 15.0 Å². The fourth-order valence-electron chi connectivity index (χ4n) is 8.79. The predicted molar refractivity (Wildman–Crippen MR) is 123 cm³/mol. The average Bonchev–Trinajstić information content (AvgIpc) is 3.08. The van der Waals surface area contributed by atoms with E-state index < -0.39 is 0 Å². The molecule has 10 atom stereocenters. The Kier molecular flexibility index (Phi) is 7.45. The first kappa shape index (κ1) is 24.2. The van der Waals surface area contributed by atoms with Crippen molar-refractivity contribution in [3.05, 3.63) is 0 Å². The number of carbonyl (C=O) groups excluding carboxylic acids is 1. The van der Waals surface area contributed by atoms with E-state index in [1.54, 1.807) is 6.92 Å². The summed E-state index contributed by atoms with van der Waals surface area (Å²) in [6, 6.07) is 0. The van der Waals surface area contributed by atoms with Crippen molar-refractivity contribution in [1.29, 1.82) is 0 Å². The molecule has 0 aromatic rings. The largest absolute Gasteiger partial charge is 0.393 e. The maximum Gasteiger partial charge on any atom is 0.129 e. The second-order valence-corrected chi connectivity index (χ2v) is 11.6. The normalized spacial score (nSPS) is 48.5. The lowest BCUT2D eigenvalue weighted by Gasteiger charge is -2.62. The van der Waals surface area contributed by atoms with E-state index in [1.807, 2.05) is 13.8 Å². The molecule has 3 heteroatoms. The van der Waals surface area contributed by atoms with Crippen molar-refractivity contribution in [3.63, 3.8) is 0 Å². The number of aliphatic hydroxyl groups is 2. The molecule has 3 nitrogen and oxygen atoms in total. The Morgan fingerprint density at radius 3 is 2.37 bits per heavy atom. The topological polar surface area (TPSA) is 57.5 Å². The highest BCUT2D eigenvalue weighted by Crippen LogP contribution is 2.68. The molecular formula is C27H48O3. The van der Waals surface area contributed by atoms with Crippen molar-refractivity contribution in [2.24, 2.45) is 46.3 Å². The van der Waals surface area contributed by atoms with E-state index in [2.05, 4.69) is 20.8 Å². The standard InChI is InChI=1S/C25H42O3.C2H6/c1-15(5-6-16(2)26)20-9-10-21-19-8-7-17-13-18(27)11-12-24(17,3)22(19)14-23(28)25(20,21)4;1-2/h15,17-23,27-28H,5-14H2,1-4H3;1-2H3/t15-,17?,18-,19?,20?,21+,22+,23+,24?,25?;/m1./s1. The molecule has 4 rings (SSSR count). The summed E-state index contributed by atoms with van der Waals surface area (Å²) in [6.45, 7) is 12.9. The van der Waals surface area contributed by atoms with Gasteiger partial charge in [-0.3, -0.25) is 0 Å². The van der Waals surface area contributed by atoms with E-state index in [-0.39, 0.29) is 17.6 Å². The zero-order valence-corrected chi connectivity index (χ0v) is 20.5. The van der Waals surface area contributed by atoms with Crippen LogP contribution in [0.25, 0.3) is 0 Å². The fourth-order valence-corrected chi connectivity index (χ4v) is 8.79. The molecule has 0 bridgehead atoms. The summed E-state index contributed by atoms with van der Waals surface area (Å²) in [7, 11) is 0. The van der Waals surface area contributed by atoms with Crippen LogP contribution >= 0.6 is 0 Å². The van der Waals surface area contributed by atoms with Crippen LogP contribution in [-0.4, -0.2) is 28.2 Å². The van der Waals surface area contributed by atoms with E-state index in [9.17, 15) is 15.0 Å². The number of rotatable bonds is 4. The third-order valence-corrected chi connectivity index (χ3v) is 10.5. The Balaban J connectivity index is 0.00000124. The maximum absolute atomic E-state index is 11.5. The summed E-state index contributed by atoms with van der Waals surface area (Å²) in [4.78, 5) is 11.5. The minimum absolute atomic E-state index is 0.0226. The number of hydrogen-bond donors (Lipinski definition) is 2. The molecular weight excluding hydrogens is 372 g/mol. The highest BCUT2D eigenvalue weighted by Gasteiger charge is 2.63. The third-order valence-electron chi connectivity index (χ3n) is 10.5. The molecule has 4 aliphatic carbocycles. The van der Waals surface area contributed by atoms with E-state index in [0.717, 1.165) is 38.0 Å². The van der Waals surface area contributed by atoms with Gasteiger partial charge in [0.25, 0.3) is 0 Å². The molecule has 4 saturated carbocycles. The maximum atomic E-state index is 11.5. The molecule has 0 spiro atoms. The zero-order chi connectivity index (χ0) is 22.3. The lowest BCUT2D eigenvalue weighted by Crippen LogP contribution is -2.58. The van der Waals surface area contributed by atoms with Gasteiger partial charge in [0.2, 0.25) is 0 Å². The summed E-state index contributed by atoms with van der Waals surface area (Å²) < 4.78 is 0. The van der Waals surface area contributed by atoms with Crippen molar-refractivity contribution >= 4 is 5.78 Å². The van der Waals surface area contributed by atoms with Crippen LogP contribution in [0.15, 0.2) is 0 Å². The first-order valence-electron chi connectivity index (χ1n) is 13.0. The van der Waals surface area contributed by atoms with Crippen LogP contribution in [0.2, 0.25) is 0 Å². The number of ketones is 1. The molecule has 0 amide bonds. The highest BCUT2D eigenvalue weighted by molar-refractivity contribution is 5.75. The van der Waals surface area contributed by atoms with Gasteiger partial charge >= 0.3 is 0 Å². The lowest BCUT2D eigenvalue weighted by atomic mass is 9.43. The second-order valence-electron chi connectivity index (χ2n) is 11.6. The van der Waals surface area contributed by atoms with E-state index >= 15 is 0 Å². The van der Waals surface area contributed by atoms with Gasteiger partial charge in [-0.05, 0) is 111 Å². The van der Waals surface area contributed by atoms with Crippen LogP contribution in [0.5, 0.6) is 0 Å². The molecule has 0 aliphatic heterocycles. The molecule has 0 heterocycles. The molecule has 30 heavy (non-hydrogen) atoms. The fraction of sp³-hybridized carbons (Fsp3) is 0.963. The van der Waals surface area contributed by atoms with E-state index in [1.165, 1.54) is 25.7 Å². The summed E-state index contributed by atoms with van der Waals surface area (Å²) >= 11 is 0. The molecule has 0 radical (unpaired) electrons. The van der Waals surface area contributed by atoms with Gasteiger partial charge in [-0.15, -0.1) is 0 Å². The van der Waals surface area contributed by atoms with Crippen molar-refractivity contribution in [1.82, 2.24) is 0 Å². The van der Waals surface area contributed by atoms with Gasteiger partial charge in [0, 0.05) is 6.42 Å². The van der Waals surface area contributed by atoms with Gasteiger partial charge in [0.1, 0.15) is 5.78 Å². The zero-order valence-electron chi connectivity index (χ0n) is 20.5.